The van der Waals surface area contributed by atoms with Gasteiger partial charge in [0.05, 0.1) is 0 Å². The molecule has 0 unspecified atom stereocenters. The second kappa shape index (κ2) is 4.10. The third-order valence-corrected chi connectivity index (χ3v) is 3.53. The van der Waals surface area contributed by atoms with Crippen molar-refractivity contribution in [1.82, 2.24) is 0 Å². The summed E-state index contributed by atoms with van der Waals surface area (Å²) in [6, 6.07) is 0. The van der Waals surface area contributed by atoms with Crippen molar-refractivity contribution < 1.29 is 17.1 Å². The summed E-state index contributed by atoms with van der Waals surface area (Å²) in [6.07, 6.45) is 8.91. The fourth-order valence-corrected chi connectivity index (χ4v) is 2.04. The van der Waals surface area contributed by atoms with Crippen molar-refractivity contribution in [3.8, 4) is 0 Å². The maximum Gasteiger partial charge on any atom is 0.0428 e. The zero-order valence-electron chi connectivity index (χ0n) is 5.82. The topological polar surface area (TPSA) is 0 Å². The zero-order chi connectivity index (χ0) is 5.98. The minimum atomic E-state index is -0.397. The van der Waals surface area contributed by atoms with Crippen LogP contribution in [0.1, 0.15) is 0 Å². The number of rotatable bonds is 1. The fraction of sp³-hybridized carbons (Fsp3) is 0.429. The quantitative estimate of drug-likeness (QED) is 0.541. The molecule has 2 heteroatoms. The Morgan fingerprint density at radius 3 is 1.78 bits per heavy atom. The summed E-state index contributed by atoms with van der Waals surface area (Å²) in [7, 11) is -0.397. The summed E-state index contributed by atoms with van der Waals surface area (Å²) in [4.78, 5) is 0. The van der Waals surface area contributed by atoms with Gasteiger partial charge in [0.15, 0.2) is 0 Å². The summed E-state index contributed by atoms with van der Waals surface area (Å²) in [5.41, 5.74) is 0.843. The van der Waals surface area contributed by atoms with E-state index in [0.29, 0.717) is 0 Å². The molecule has 0 aliphatic heterocycles. The number of hydrogen-bond acceptors (Lipinski definition) is 0. The Kier molecular flexibility index (Phi) is 4.20. The summed E-state index contributed by atoms with van der Waals surface area (Å²) in [5.74, 6) is 0. The van der Waals surface area contributed by atoms with Crippen molar-refractivity contribution in [2.45, 2.75) is 18.6 Å². The Bertz CT molecular complexity index is 115. The van der Waals surface area contributed by atoms with Crippen molar-refractivity contribution in [3.63, 3.8) is 0 Å². The predicted molar refractivity (Wildman–Crippen MR) is 40.9 cm³/mol. The van der Waals surface area contributed by atoms with Crippen LogP contribution in [0.2, 0.25) is 18.6 Å². The normalized spacial score (nSPS) is 16.8. The van der Waals surface area contributed by atoms with E-state index in [1.54, 1.807) is 0 Å². The van der Waals surface area contributed by atoms with Gasteiger partial charge < -0.3 is 0 Å². The SMILES string of the molecule is C[SiH](C)C1C=CC=C1.[Fe]. The Morgan fingerprint density at radius 2 is 1.56 bits per heavy atom. The average molecular weight is 180 g/mol. The molecule has 9 heavy (non-hydrogen) atoms. The molecule has 0 aromatic heterocycles. The van der Waals surface area contributed by atoms with Crippen LogP contribution in [0.25, 0.3) is 0 Å². The molecular weight excluding hydrogens is 168 g/mol. The monoisotopic (exact) mass is 180 g/mol. The van der Waals surface area contributed by atoms with Crippen LogP contribution in [0.4, 0.5) is 0 Å². The molecule has 1 aliphatic carbocycles. The molecule has 0 saturated carbocycles. The molecule has 0 nitrogen and oxygen atoms in total. The predicted octanol–water partition coefficient (Wildman–Crippen LogP) is 1.97. The van der Waals surface area contributed by atoms with Crippen molar-refractivity contribution in [2.24, 2.45) is 0 Å². The van der Waals surface area contributed by atoms with Gasteiger partial charge in [-0.2, -0.15) is 0 Å². The molecule has 0 amide bonds. The van der Waals surface area contributed by atoms with E-state index in [0.717, 1.165) is 5.54 Å². The van der Waals surface area contributed by atoms with Gasteiger partial charge in [-0.3, -0.25) is 0 Å². The van der Waals surface area contributed by atoms with Crippen molar-refractivity contribution >= 4 is 8.80 Å². The standard InChI is InChI=1S/C7H12Si.Fe/c1-8(2)7-5-3-4-6-7;/h3-8H,1-2H3;. The summed E-state index contributed by atoms with van der Waals surface area (Å²) in [6.45, 7) is 4.76. The van der Waals surface area contributed by atoms with E-state index in [1.807, 2.05) is 0 Å². The van der Waals surface area contributed by atoms with E-state index >= 15 is 0 Å². The Morgan fingerprint density at radius 1 is 1.11 bits per heavy atom. The van der Waals surface area contributed by atoms with Gasteiger partial charge in [0.2, 0.25) is 0 Å². The molecule has 0 fully saturated rings. The third kappa shape index (κ3) is 2.52. The van der Waals surface area contributed by atoms with Crippen LogP contribution in [0.5, 0.6) is 0 Å². The second-order valence-corrected chi connectivity index (χ2v) is 5.85. The largest absolute Gasteiger partial charge is 0.0807 e. The van der Waals surface area contributed by atoms with Crippen molar-refractivity contribution in [2.75, 3.05) is 0 Å². The Balaban J connectivity index is 0.000000640. The first-order valence-electron chi connectivity index (χ1n) is 3.15. The Hall–Kier alpha value is 0.216. The minimum absolute atomic E-state index is 0. The van der Waals surface area contributed by atoms with Crippen LogP contribution in [-0.4, -0.2) is 8.80 Å². The fourth-order valence-electron chi connectivity index (χ4n) is 0.893. The van der Waals surface area contributed by atoms with Crippen LogP contribution < -0.4 is 0 Å². The molecule has 0 heterocycles. The summed E-state index contributed by atoms with van der Waals surface area (Å²) >= 11 is 0. The van der Waals surface area contributed by atoms with E-state index in [9.17, 15) is 0 Å². The van der Waals surface area contributed by atoms with Crippen molar-refractivity contribution in [1.29, 1.82) is 0 Å². The van der Waals surface area contributed by atoms with Gasteiger partial charge in [-0.25, -0.2) is 0 Å². The van der Waals surface area contributed by atoms with Gasteiger partial charge in [0.1, 0.15) is 0 Å². The van der Waals surface area contributed by atoms with E-state index in [-0.39, 0.29) is 17.1 Å². The molecule has 0 radical (unpaired) electrons. The van der Waals surface area contributed by atoms with Crippen LogP contribution >= 0.6 is 0 Å². The molecule has 0 aromatic carbocycles. The van der Waals surface area contributed by atoms with E-state index < -0.39 is 8.80 Å². The van der Waals surface area contributed by atoms with Crippen molar-refractivity contribution in [3.05, 3.63) is 24.3 Å². The van der Waals surface area contributed by atoms with E-state index in [2.05, 4.69) is 37.4 Å². The maximum absolute atomic E-state index is 2.38. The van der Waals surface area contributed by atoms with Crippen LogP contribution in [0.15, 0.2) is 24.3 Å². The zero-order valence-corrected chi connectivity index (χ0v) is 8.08. The summed E-state index contributed by atoms with van der Waals surface area (Å²) in [5, 5.41) is 0. The van der Waals surface area contributed by atoms with Gasteiger partial charge in [0, 0.05) is 25.9 Å². The number of hydrogen-bond donors (Lipinski definition) is 0. The van der Waals surface area contributed by atoms with Gasteiger partial charge in [-0.1, -0.05) is 37.4 Å². The number of allylic oxidation sites excluding steroid dienone is 4. The third-order valence-electron chi connectivity index (χ3n) is 1.55. The first kappa shape index (κ1) is 9.22. The van der Waals surface area contributed by atoms with E-state index in [1.165, 1.54) is 0 Å². The molecule has 0 N–H and O–H groups in total. The van der Waals surface area contributed by atoms with Crippen LogP contribution in [0, 0.1) is 0 Å². The second-order valence-electron chi connectivity index (χ2n) is 2.59. The van der Waals surface area contributed by atoms with E-state index in [4.69, 9.17) is 0 Å². The van der Waals surface area contributed by atoms with Gasteiger partial charge in [-0.15, -0.1) is 0 Å². The smallest absolute Gasteiger partial charge is 0.0428 e. The average Bonchev–Trinajstić information content (AvgIpc) is 2.12. The maximum atomic E-state index is 2.38. The minimum Gasteiger partial charge on any atom is -0.0807 e. The van der Waals surface area contributed by atoms with Gasteiger partial charge in [-0.05, 0) is 5.54 Å². The van der Waals surface area contributed by atoms with Gasteiger partial charge in [0.25, 0.3) is 0 Å². The molecule has 1 aliphatic rings. The van der Waals surface area contributed by atoms with Gasteiger partial charge >= 0.3 is 0 Å². The molecule has 0 atom stereocenters. The van der Waals surface area contributed by atoms with Crippen LogP contribution in [0.3, 0.4) is 0 Å². The molecule has 0 spiro atoms. The first-order chi connectivity index (χ1) is 3.80. The first-order valence-corrected chi connectivity index (χ1v) is 6.13. The molecule has 52 valence electrons. The molecular formula is C7H12FeSi. The molecule has 0 aromatic rings. The molecule has 0 bridgehead atoms. The molecule has 1 rings (SSSR count). The summed E-state index contributed by atoms with van der Waals surface area (Å²) < 4.78 is 0. The molecule has 0 saturated heterocycles. The Labute approximate surface area is 69.1 Å². The van der Waals surface area contributed by atoms with Crippen LogP contribution in [-0.2, 0) is 17.1 Å².